The van der Waals surface area contributed by atoms with Gasteiger partial charge in [-0.15, -0.1) is 0 Å². The summed E-state index contributed by atoms with van der Waals surface area (Å²) in [5.74, 6) is 1.09. The predicted molar refractivity (Wildman–Crippen MR) is 93.2 cm³/mol. The van der Waals surface area contributed by atoms with Crippen molar-refractivity contribution in [3.05, 3.63) is 64.0 Å². The maximum atomic E-state index is 12.3. The molecule has 0 spiro atoms. The van der Waals surface area contributed by atoms with Gasteiger partial charge in [0.25, 0.3) is 5.91 Å². The lowest BCUT2D eigenvalue weighted by molar-refractivity contribution is 0.102. The van der Waals surface area contributed by atoms with Crippen molar-refractivity contribution in [1.29, 1.82) is 0 Å². The Bertz CT molecular complexity index is 895. The second kappa shape index (κ2) is 6.90. The molecule has 1 amide bonds. The van der Waals surface area contributed by atoms with E-state index in [9.17, 15) is 4.79 Å². The summed E-state index contributed by atoms with van der Waals surface area (Å²) in [5, 5.41) is 10.2. The maximum Gasteiger partial charge on any atom is 0.257 e. The molecule has 0 atom stereocenters. The van der Waals surface area contributed by atoms with Crippen LogP contribution in [0.3, 0.4) is 0 Å². The number of aryl methyl sites for hydroxylation is 1. The SMILES string of the molecule is Cc1cc(NC(=O)c2ccnc(Nc3cccc(Cl)c3Cl)c2)no1. The number of anilines is 3. The van der Waals surface area contributed by atoms with Crippen molar-refractivity contribution in [1.82, 2.24) is 10.1 Å². The zero-order valence-electron chi connectivity index (χ0n) is 12.5. The fourth-order valence-electron chi connectivity index (χ4n) is 1.99. The summed E-state index contributed by atoms with van der Waals surface area (Å²) in [6.45, 7) is 1.74. The number of rotatable bonds is 4. The van der Waals surface area contributed by atoms with E-state index in [1.54, 1.807) is 43.3 Å². The molecule has 0 aliphatic heterocycles. The number of halogens is 2. The van der Waals surface area contributed by atoms with Gasteiger partial charge in [0.2, 0.25) is 0 Å². The van der Waals surface area contributed by atoms with E-state index in [4.69, 9.17) is 27.7 Å². The van der Waals surface area contributed by atoms with Crippen LogP contribution in [-0.2, 0) is 0 Å². The van der Waals surface area contributed by atoms with Gasteiger partial charge in [-0.25, -0.2) is 4.98 Å². The highest BCUT2D eigenvalue weighted by molar-refractivity contribution is 6.43. The van der Waals surface area contributed by atoms with Gasteiger partial charge in [-0.3, -0.25) is 4.79 Å². The Hall–Kier alpha value is -2.57. The standard InChI is InChI=1S/C16H12Cl2N4O2/c1-9-7-14(22-24-9)21-16(23)10-5-6-19-13(8-10)20-12-4-2-3-11(17)15(12)18/h2-8H,1H3,(H,19,20)(H,21,22,23). The number of benzene rings is 1. The Kier molecular flexibility index (Phi) is 4.69. The Labute approximate surface area is 147 Å². The number of hydrogen-bond acceptors (Lipinski definition) is 5. The van der Waals surface area contributed by atoms with Crippen LogP contribution in [0.2, 0.25) is 10.0 Å². The molecule has 3 rings (SSSR count). The molecule has 2 heterocycles. The summed E-state index contributed by atoms with van der Waals surface area (Å²) in [4.78, 5) is 16.4. The fraction of sp³-hybridized carbons (Fsp3) is 0.0625. The Morgan fingerprint density at radius 3 is 2.75 bits per heavy atom. The number of amides is 1. The van der Waals surface area contributed by atoms with Gasteiger partial charge < -0.3 is 15.2 Å². The van der Waals surface area contributed by atoms with Gasteiger partial charge in [0.15, 0.2) is 5.82 Å². The van der Waals surface area contributed by atoms with E-state index in [1.165, 1.54) is 6.20 Å². The summed E-state index contributed by atoms with van der Waals surface area (Å²) in [7, 11) is 0. The first kappa shape index (κ1) is 16.3. The Balaban J connectivity index is 1.78. The summed E-state index contributed by atoms with van der Waals surface area (Å²) >= 11 is 12.1. The zero-order chi connectivity index (χ0) is 17.1. The monoisotopic (exact) mass is 362 g/mol. The summed E-state index contributed by atoms with van der Waals surface area (Å²) < 4.78 is 4.91. The Morgan fingerprint density at radius 2 is 2.00 bits per heavy atom. The molecule has 2 N–H and O–H groups in total. The van der Waals surface area contributed by atoms with Gasteiger partial charge in [-0.2, -0.15) is 0 Å². The highest BCUT2D eigenvalue weighted by Crippen LogP contribution is 2.31. The lowest BCUT2D eigenvalue weighted by atomic mass is 10.2. The topological polar surface area (TPSA) is 80.0 Å². The second-order valence-corrected chi connectivity index (χ2v) is 5.72. The molecule has 0 saturated heterocycles. The third kappa shape index (κ3) is 3.67. The molecular weight excluding hydrogens is 351 g/mol. The van der Waals surface area contributed by atoms with Gasteiger partial charge in [0.05, 0.1) is 15.7 Å². The number of hydrogen-bond donors (Lipinski definition) is 2. The number of aromatic nitrogens is 2. The third-order valence-corrected chi connectivity index (χ3v) is 3.92. The first-order chi connectivity index (χ1) is 11.5. The molecule has 0 unspecified atom stereocenters. The average molecular weight is 363 g/mol. The van der Waals surface area contributed by atoms with E-state index >= 15 is 0 Å². The molecule has 24 heavy (non-hydrogen) atoms. The second-order valence-electron chi connectivity index (χ2n) is 4.93. The number of carbonyl (C=O) groups is 1. The van der Waals surface area contributed by atoms with Gasteiger partial charge in [0, 0.05) is 17.8 Å². The minimum Gasteiger partial charge on any atom is -0.360 e. The molecule has 0 aliphatic carbocycles. The van der Waals surface area contributed by atoms with Crippen LogP contribution in [0.25, 0.3) is 0 Å². The van der Waals surface area contributed by atoms with E-state index in [2.05, 4.69) is 20.8 Å². The van der Waals surface area contributed by atoms with Crippen molar-refractivity contribution in [2.75, 3.05) is 10.6 Å². The molecule has 3 aromatic rings. The number of pyridine rings is 1. The first-order valence-corrected chi connectivity index (χ1v) is 7.70. The summed E-state index contributed by atoms with van der Waals surface area (Å²) in [6, 6.07) is 10.0. The van der Waals surface area contributed by atoms with Gasteiger partial charge in [-0.05, 0) is 31.2 Å². The molecule has 122 valence electrons. The molecule has 8 heteroatoms. The number of nitrogens with one attached hydrogen (secondary N) is 2. The number of carbonyl (C=O) groups excluding carboxylic acids is 1. The molecule has 0 fully saturated rings. The minimum absolute atomic E-state index is 0.328. The lowest BCUT2D eigenvalue weighted by Gasteiger charge is -2.09. The van der Waals surface area contributed by atoms with Crippen molar-refractivity contribution < 1.29 is 9.32 Å². The molecule has 1 aromatic carbocycles. The number of nitrogens with zero attached hydrogens (tertiary/aromatic N) is 2. The van der Waals surface area contributed by atoms with Crippen LogP contribution < -0.4 is 10.6 Å². The summed E-state index contributed by atoms with van der Waals surface area (Å²) in [5.41, 5.74) is 1.01. The largest absolute Gasteiger partial charge is 0.360 e. The maximum absolute atomic E-state index is 12.3. The molecule has 6 nitrogen and oxygen atoms in total. The van der Waals surface area contributed by atoms with Gasteiger partial charge >= 0.3 is 0 Å². The average Bonchev–Trinajstić information content (AvgIpc) is 2.97. The van der Waals surface area contributed by atoms with Crippen LogP contribution in [0.5, 0.6) is 0 Å². The molecule has 0 radical (unpaired) electrons. The highest BCUT2D eigenvalue weighted by Gasteiger charge is 2.11. The molecule has 0 bridgehead atoms. The van der Waals surface area contributed by atoms with Crippen LogP contribution in [-0.4, -0.2) is 16.0 Å². The lowest BCUT2D eigenvalue weighted by Crippen LogP contribution is -2.12. The molecular formula is C16H12Cl2N4O2. The Morgan fingerprint density at radius 1 is 1.17 bits per heavy atom. The molecule has 2 aromatic heterocycles. The third-order valence-electron chi connectivity index (χ3n) is 3.11. The summed E-state index contributed by atoms with van der Waals surface area (Å²) in [6.07, 6.45) is 1.52. The molecule has 0 saturated carbocycles. The zero-order valence-corrected chi connectivity index (χ0v) is 14.0. The van der Waals surface area contributed by atoms with Crippen LogP contribution in [0.4, 0.5) is 17.3 Å². The van der Waals surface area contributed by atoms with Crippen LogP contribution >= 0.6 is 23.2 Å². The van der Waals surface area contributed by atoms with Crippen molar-refractivity contribution in [2.45, 2.75) is 6.92 Å². The highest BCUT2D eigenvalue weighted by atomic mass is 35.5. The van der Waals surface area contributed by atoms with Crippen LogP contribution in [0.1, 0.15) is 16.1 Å². The van der Waals surface area contributed by atoms with Crippen molar-refractivity contribution in [3.63, 3.8) is 0 Å². The van der Waals surface area contributed by atoms with E-state index in [1.807, 2.05) is 0 Å². The van der Waals surface area contributed by atoms with Crippen molar-refractivity contribution in [2.24, 2.45) is 0 Å². The van der Waals surface area contributed by atoms with Crippen LogP contribution in [0.15, 0.2) is 47.1 Å². The fourth-order valence-corrected chi connectivity index (χ4v) is 2.34. The van der Waals surface area contributed by atoms with Gasteiger partial charge in [0.1, 0.15) is 11.6 Å². The predicted octanol–water partition coefficient (Wildman–Crippen LogP) is 4.68. The first-order valence-electron chi connectivity index (χ1n) is 6.94. The van der Waals surface area contributed by atoms with Crippen molar-refractivity contribution in [3.8, 4) is 0 Å². The minimum atomic E-state index is -0.328. The van der Waals surface area contributed by atoms with Gasteiger partial charge in [-0.1, -0.05) is 34.4 Å². The molecule has 0 aliphatic rings. The quantitative estimate of drug-likeness (QED) is 0.704. The van der Waals surface area contributed by atoms with E-state index < -0.39 is 0 Å². The van der Waals surface area contributed by atoms with E-state index in [0.717, 1.165) is 0 Å². The van der Waals surface area contributed by atoms with Crippen molar-refractivity contribution >= 4 is 46.4 Å². The van der Waals surface area contributed by atoms with Crippen LogP contribution in [0, 0.1) is 6.92 Å². The normalized spacial score (nSPS) is 10.5. The smallest absolute Gasteiger partial charge is 0.257 e. The van der Waals surface area contributed by atoms with E-state index in [-0.39, 0.29) is 5.91 Å². The van der Waals surface area contributed by atoms with E-state index in [0.29, 0.717) is 38.7 Å².